The van der Waals surface area contributed by atoms with Crippen LogP contribution < -0.4 is 0 Å². The Bertz CT molecular complexity index is 940. The van der Waals surface area contributed by atoms with Crippen molar-refractivity contribution in [1.29, 1.82) is 0 Å². The number of aliphatic hydroxyl groups is 1. The van der Waals surface area contributed by atoms with Gasteiger partial charge in [-0.3, -0.25) is 4.79 Å². The Kier molecular flexibility index (Phi) is 4.85. The van der Waals surface area contributed by atoms with Crippen LogP contribution in [0.3, 0.4) is 0 Å². The summed E-state index contributed by atoms with van der Waals surface area (Å²) in [6, 6.07) is 0. The Morgan fingerprint density at radius 2 is 1.61 bits per heavy atom. The lowest BCUT2D eigenvalue weighted by Crippen LogP contribution is -2.64. The third kappa shape index (κ3) is 2.81. The summed E-state index contributed by atoms with van der Waals surface area (Å²) in [6.07, 6.45) is 13.4. The first-order chi connectivity index (χ1) is 15.1. The molecule has 2 N–H and O–H groups in total. The number of hydrogen-bond donors (Lipinski definition) is 2. The van der Waals surface area contributed by atoms with E-state index in [4.69, 9.17) is 0 Å². The molecule has 0 aromatic carbocycles. The quantitative estimate of drug-likeness (QED) is 0.413. The maximum absolute atomic E-state index is 13.5. The minimum absolute atomic E-state index is 0.0488. The predicted molar refractivity (Wildman–Crippen MR) is 133 cm³/mol. The number of rotatable bonds is 1. The third-order valence-corrected chi connectivity index (χ3v) is 12.2. The van der Waals surface area contributed by atoms with Crippen LogP contribution in [0.15, 0.2) is 23.3 Å². The van der Waals surface area contributed by atoms with E-state index in [1.54, 1.807) is 0 Å². The Morgan fingerprint density at radius 3 is 2.27 bits per heavy atom. The second kappa shape index (κ2) is 6.77. The molecule has 184 valence electrons. The molecule has 0 amide bonds. The number of carboxylic acids is 1. The maximum Gasteiger partial charge on any atom is 0.314 e. The SMILES string of the molecule is CC1(C)CCC2(C)CCC3(C(=O)O)C(=CCC4C5(C)CCC(O)C(C)(C)C5=CCC43C)C2C1. The minimum atomic E-state index is -0.765. The van der Waals surface area contributed by atoms with Gasteiger partial charge in [0.1, 0.15) is 0 Å². The molecule has 0 saturated heterocycles. The summed E-state index contributed by atoms with van der Waals surface area (Å²) in [5.74, 6) is 0.103. The topological polar surface area (TPSA) is 57.5 Å². The number of aliphatic carboxylic acids is 1. The molecule has 5 rings (SSSR count). The molecule has 0 bridgehead atoms. The number of carbonyl (C=O) groups is 1. The summed E-state index contributed by atoms with van der Waals surface area (Å²) in [7, 11) is 0. The van der Waals surface area contributed by atoms with Crippen molar-refractivity contribution in [3.05, 3.63) is 23.3 Å². The largest absolute Gasteiger partial charge is 0.481 e. The fraction of sp³-hybridized carbons (Fsp3) is 0.833. The van der Waals surface area contributed by atoms with E-state index in [0.717, 1.165) is 44.9 Å². The summed E-state index contributed by atoms with van der Waals surface area (Å²) >= 11 is 0. The lowest BCUT2D eigenvalue weighted by atomic mass is 9.35. The molecule has 33 heavy (non-hydrogen) atoms. The highest BCUT2D eigenvalue weighted by molar-refractivity contribution is 5.81. The van der Waals surface area contributed by atoms with E-state index in [2.05, 4.69) is 60.6 Å². The van der Waals surface area contributed by atoms with Crippen LogP contribution in [0.1, 0.15) is 106 Å². The van der Waals surface area contributed by atoms with Gasteiger partial charge in [0, 0.05) is 5.41 Å². The van der Waals surface area contributed by atoms with Gasteiger partial charge in [0.15, 0.2) is 0 Å². The van der Waals surface area contributed by atoms with Gasteiger partial charge in [-0.25, -0.2) is 0 Å². The molecule has 0 aliphatic heterocycles. The summed E-state index contributed by atoms with van der Waals surface area (Å²) in [6.45, 7) is 16.3. The average Bonchev–Trinajstić information content (AvgIpc) is 2.71. The van der Waals surface area contributed by atoms with Crippen molar-refractivity contribution >= 4 is 5.97 Å². The van der Waals surface area contributed by atoms with E-state index >= 15 is 0 Å². The van der Waals surface area contributed by atoms with Gasteiger partial charge < -0.3 is 10.2 Å². The van der Waals surface area contributed by atoms with Crippen LogP contribution in [0.5, 0.6) is 0 Å². The molecule has 3 saturated carbocycles. The van der Waals surface area contributed by atoms with Crippen LogP contribution in [0, 0.1) is 44.3 Å². The molecule has 3 fully saturated rings. The van der Waals surface area contributed by atoms with E-state index in [1.807, 2.05) is 0 Å². The van der Waals surface area contributed by atoms with E-state index in [9.17, 15) is 15.0 Å². The van der Waals surface area contributed by atoms with Gasteiger partial charge in [0.05, 0.1) is 11.5 Å². The van der Waals surface area contributed by atoms with E-state index in [0.29, 0.717) is 11.8 Å². The van der Waals surface area contributed by atoms with Crippen molar-refractivity contribution in [1.82, 2.24) is 0 Å². The van der Waals surface area contributed by atoms with Crippen LogP contribution in [0.4, 0.5) is 0 Å². The van der Waals surface area contributed by atoms with E-state index in [-0.39, 0.29) is 33.2 Å². The lowest BCUT2D eigenvalue weighted by Gasteiger charge is -2.68. The molecule has 0 radical (unpaired) electrons. The molecule has 3 nitrogen and oxygen atoms in total. The van der Waals surface area contributed by atoms with Gasteiger partial charge in [-0.05, 0) is 91.3 Å². The Morgan fingerprint density at radius 1 is 0.939 bits per heavy atom. The van der Waals surface area contributed by atoms with Crippen molar-refractivity contribution in [2.24, 2.45) is 44.3 Å². The number of carboxylic acid groups (broad SMARTS) is 1. The predicted octanol–water partition coefficient (Wildman–Crippen LogP) is 7.15. The highest BCUT2D eigenvalue weighted by Gasteiger charge is 2.70. The molecule has 0 aromatic rings. The zero-order valence-corrected chi connectivity index (χ0v) is 22.1. The van der Waals surface area contributed by atoms with Crippen LogP contribution in [-0.2, 0) is 4.79 Å². The van der Waals surface area contributed by atoms with Crippen LogP contribution in [-0.4, -0.2) is 22.3 Å². The van der Waals surface area contributed by atoms with Crippen LogP contribution in [0.25, 0.3) is 0 Å². The lowest BCUT2D eigenvalue weighted by molar-refractivity contribution is -0.175. The third-order valence-electron chi connectivity index (χ3n) is 12.2. The smallest absolute Gasteiger partial charge is 0.314 e. The number of hydrogen-bond acceptors (Lipinski definition) is 2. The molecule has 0 heterocycles. The van der Waals surface area contributed by atoms with Crippen molar-refractivity contribution in [2.45, 2.75) is 112 Å². The van der Waals surface area contributed by atoms with Gasteiger partial charge in [-0.1, -0.05) is 71.8 Å². The molecule has 0 spiro atoms. The maximum atomic E-state index is 13.5. The van der Waals surface area contributed by atoms with E-state index < -0.39 is 11.4 Å². The molecule has 7 unspecified atom stereocenters. The van der Waals surface area contributed by atoms with Crippen molar-refractivity contribution in [3.63, 3.8) is 0 Å². The second-order valence-corrected chi connectivity index (χ2v) is 14.7. The monoisotopic (exact) mass is 454 g/mol. The molecular weight excluding hydrogens is 408 g/mol. The first-order valence-electron chi connectivity index (χ1n) is 13.5. The fourth-order valence-corrected chi connectivity index (χ4v) is 9.91. The van der Waals surface area contributed by atoms with Gasteiger partial charge in [-0.15, -0.1) is 0 Å². The summed E-state index contributed by atoms with van der Waals surface area (Å²) in [4.78, 5) is 13.5. The van der Waals surface area contributed by atoms with Crippen molar-refractivity contribution in [3.8, 4) is 0 Å². The molecule has 3 heteroatoms. The van der Waals surface area contributed by atoms with Crippen molar-refractivity contribution in [2.75, 3.05) is 0 Å². The molecule has 0 aromatic heterocycles. The van der Waals surface area contributed by atoms with Gasteiger partial charge in [0.2, 0.25) is 0 Å². The molecular formula is C30H46O3. The van der Waals surface area contributed by atoms with Gasteiger partial charge in [0.25, 0.3) is 0 Å². The van der Waals surface area contributed by atoms with Crippen LogP contribution >= 0.6 is 0 Å². The molecule has 7 atom stereocenters. The highest BCUT2D eigenvalue weighted by atomic mass is 16.4. The zero-order valence-electron chi connectivity index (χ0n) is 22.1. The standard InChI is InChI=1S/C30H46O3/c1-25(2)14-15-27(5)16-17-30(24(32)33)19(20(27)18-25)8-9-22-28(6)12-11-23(31)26(3,4)21(28)10-13-29(22,30)7/h8,10,20,22-23,31H,9,11-18H2,1-7H3,(H,32,33). The van der Waals surface area contributed by atoms with Gasteiger partial charge >= 0.3 is 5.97 Å². The van der Waals surface area contributed by atoms with Crippen LogP contribution in [0.2, 0.25) is 0 Å². The first-order valence-corrected chi connectivity index (χ1v) is 13.5. The highest BCUT2D eigenvalue weighted by Crippen LogP contribution is 2.74. The fourth-order valence-electron chi connectivity index (χ4n) is 9.91. The Balaban J connectivity index is 1.67. The van der Waals surface area contributed by atoms with E-state index in [1.165, 1.54) is 24.0 Å². The normalized spacial score (nSPS) is 50.0. The van der Waals surface area contributed by atoms with Gasteiger partial charge in [-0.2, -0.15) is 0 Å². The minimum Gasteiger partial charge on any atom is -0.481 e. The Labute approximate surface area is 201 Å². The number of fused-ring (bicyclic) bond motifs is 7. The van der Waals surface area contributed by atoms with Crippen molar-refractivity contribution < 1.29 is 15.0 Å². The Hall–Kier alpha value is -1.09. The molecule has 5 aliphatic carbocycles. The number of aliphatic hydroxyl groups excluding tert-OH is 1. The summed E-state index contributed by atoms with van der Waals surface area (Å²) in [5, 5.41) is 21.9. The molecule has 5 aliphatic rings. The second-order valence-electron chi connectivity index (χ2n) is 14.7. The summed E-state index contributed by atoms with van der Waals surface area (Å²) < 4.78 is 0. The zero-order chi connectivity index (χ0) is 24.2. The number of allylic oxidation sites excluding steroid dienone is 2. The average molecular weight is 455 g/mol. The summed E-state index contributed by atoms with van der Waals surface area (Å²) in [5.41, 5.74) is 1.83. The first kappa shape index (κ1) is 23.6.